The first-order valence-electron chi connectivity index (χ1n) is 11.3. The Bertz CT molecular complexity index is 975. The van der Waals surface area contributed by atoms with Crippen molar-refractivity contribution in [3.63, 3.8) is 0 Å². The van der Waals surface area contributed by atoms with Crippen LogP contribution in [-0.4, -0.2) is 53.4 Å². The number of imidazole rings is 1. The van der Waals surface area contributed by atoms with Crippen LogP contribution in [0.1, 0.15) is 17.5 Å². The van der Waals surface area contributed by atoms with Crippen LogP contribution >= 0.6 is 11.8 Å². The average molecular weight is 468 g/mol. The van der Waals surface area contributed by atoms with Crippen LogP contribution in [-0.2, 0) is 14.1 Å². The Balaban J connectivity index is 1.44. The highest BCUT2D eigenvalue weighted by Gasteiger charge is 2.11. The largest absolute Gasteiger partial charge is 0.395 e. The number of thioether (sulfide) groups is 1. The first-order valence-corrected chi connectivity index (χ1v) is 12.3. The summed E-state index contributed by atoms with van der Waals surface area (Å²) in [5.41, 5.74) is 4.40. The number of hydrogen-bond donors (Lipinski definition) is 3. The van der Waals surface area contributed by atoms with Crippen LogP contribution in [0.3, 0.4) is 0 Å². The third-order valence-electron chi connectivity index (χ3n) is 5.38. The molecule has 0 aliphatic rings. The van der Waals surface area contributed by atoms with Gasteiger partial charge in [-0.1, -0.05) is 36.4 Å². The molecule has 6 nitrogen and oxygen atoms in total. The fourth-order valence-corrected chi connectivity index (χ4v) is 4.56. The van der Waals surface area contributed by atoms with Gasteiger partial charge in [-0.25, -0.2) is 9.13 Å². The first kappa shape index (κ1) is 24.9. The van der Waals surface area contributed by atoms with Gasteiger partial charge in [0, 0.05) is 36.8 Å². The smallest absolute Gasteiger partial charge is 0.317 e. The number of nitrogens with zero attached hydrogens (tertiary/aromatic N) is 3. The molecule has 0 aliphatic carbocycles. The van der Waals surface area contributed by atoms with E-state index in [0.29, 0.717) is 13.1 Å². The molecular formula is C26H35N4O2S+. The van der Waals surface area contributed by atoms with E-state index in [1.807, 2.05) is 28.8 Å². The standard InChI is InChI=1S/C26H35N4O2S/c1-28-15-16-29(2)26(28)33-21-3-14-27-24-10-6-22(7-11-24)4-5-23-8-12-25(13-9-23)30(17-19-31)18-20-32/h4-13,15-16,27,31-32H,3,14,17-21H2,1-2H3/q+1/b5-4+. The summed E-state index contributed by atoms with van der Waals surface area (Å²) in [5.74, 6) is 1.08. The van der Waals surface area contributed by atoms with Crippen molar-refractivity contribution < 1.29 is 14.8 Å². The molecule has 0 radical (unpaired) electrons. The summed E-state index contributed by atoms with van der Waals surface area (Å²) in [5, 5.41) is 23.2. The topological polar surface area (TPSA) is 64.5 Å². The van der Waals surface area contributed by atoms with Gasteiger partial charge in [0.1, 0.15) is 12.4 Å². The Labute approximate surface area is 201 Å². The zero-order chi connectivity index (χ0) is 23.5. The van der Waals surface area contributed by atoms with E-state index >= 15 is 0 Å². The SMILES string of the molecule is Cn1cc[n+](C)c1SCCCNc1ccc(/C=C/c2ccc(N(CCO)CCO)cc2)cc1. The molecule has 33 heavy (non-hydrogen) atoms. The summed E-state index contributed by atoms with van der Waals surface area (Å²) < 4.78 is 4.31. The van der Waals surface area contributed by atoms with E-state index in [0.717, 1.165) is 41.2 Å². The number of nitrogens with one attached hydrogen (secondary N) is 1. The first-order chi connectivity index (χ1) is 16.1. The summed E-state index contributed by atoms with van der Waals surface area (Å²) in [6.45, 7) is 2.11. The van der Waals surface area contributed by atoms with Crippen LogP contribution in [0.15, 0.2) is 66.1 Å². The maximum atomic E-state index is 9.19. The van der Waals surface area contributed by atoms with Crippen molar-refractivity contribution in [2.24, 2.45) is 14.1 Å². The van der Waals surface area contributed by atoms with Crippen LogP contribution in [0.4, 0.5) is 11.4 Å². The van der Waals surface area contributed by atoms with E-state index in [-0.39, 0.29) is 13.2 Å². The van der Waals surface area contributed by atoms with Crippen molar-refractivity contribution in [2.75, 3.05) is 48.8 Å². The lowest BCUT2D eigenvalue weighted by Crippen LogP contribution is -2.29. The Kier molecular flexibility index (Phi) is 9.87. The third kappa shape index (κ3) is 7.67. The number of rotatable bonds is 13. The fourth-order valence-electron chi connectivity index (χ4n) is 3.56. The Hall–Kier alpha value is -2.74. The van der Waals surface area contributed by atoms with Gasteiger partial charge in [-0.3, -0.25) is 0 Å². The summed E-state index contributed by atoms with van der Waals surface area (Å²) >= 11 is 1.88. The minimum Gasteiger partial charge on any atom is -0.395 e. The maximum absolute atomic E-state index is 9.19. The molecule has 0 atom stereocenters. The van der Waals surface area contributed by atoms with Crippen molar-refractivity contribution in [3.8, 4) is 0 Å². The van der Waals surface area contributed by atoms with Crippen LogP contribution in [0.25, 0.3) is 12.2 Å². The number of anilines is 2. The van der Waals surface area contributed by atoms with Gasteiger partial charge in [0.25, 0.3) is 0 Å². The molecule has 0 bridgehead atoms. The molecule has 7 heteroatoms. The number of hydrogen-bond acceptors (Lipinski definition) is 5. The van der Waals surface area contributed by atoms with Crippen LogP contribution < -0.4 is 14.8 Å². The molecule has 1 aromatic heterocycles. The molecule has 176 valence electrons. The van der Waals surface area contributed by atoms with Crippen LogP contribution in [0, 0.1) is 0 Å². The predicted octanol–water partition coefficient (Wildman–Crippen LogP) is 3.41. The van der Waals surface area contributed by atoms with Gasteiger partial charge in [-0.15, -0.1) is 0 Å². The van der Waals surface area contributed by atoms with Crippen LogP contribution in [0.5, 0.6) is 0 Å². The summed E-state index contributed by atoms with van der Waals surface area (Å²) in [7, 11) is 4.16. The molecule has 3 aromatic rings. The van der Waals surface area contributed by atoms with Gasteiger partial charge < -0.3 is 20.4 Å². The lowest BCUT2D eigenvalue weighted by atomic mass is 10.1. The molecule has 2 aromatic carbocycles. The fraction of sp³-hybridized carbons (Fsp3) is 0.346. The van der Waals surface area contributed by atoms with Gasteiger partial charge in [0.05, 0.1) is 27.3 Å². The second kappa shape index (κ2) is 13.1. The van der Waals surface area contributed by atoms with Crippen molar-refractivity contribution >= 4 is 35.3 Å². The molecule has 0 amide bonds. The second-order valence-electron chi connectivity index (χ2n) is 7.91. The number of benzene rings is 2. The summed E-state index contributed by atoms with van der Waals surface area (Å²) in [4.78, 5) is 1.97. The molecule has 0 fully saturated rings. The number of aliphatic hydroxyl groups excluding tert-OH is 2. The zero-order valence-electron chi connectivity index (χ0n) is 19.5. The molecule has 0 spiro atoms. The monoisotopic (exact) mass is 467 g/mol. The predicted molar refractivity (Wildman–Crippen MR) is 139 cm³/mol. The van der Waals surface area contributed by atoms with E-state index < -0.39 is 0 Å². The molecule has 1 heterocycles. The van der Waals surface area contributed by atoms with Crippen molar-refractivity contribution in [1.29, 1.82) is 0 Å². The van der Waals surface area contributed by atoms with Gasteiger partial charge in [-0.2, -0.15) is 0 Å². The zero-order valence-corrected chi connectivity index (χ0v) is 20.3. The molecule has 0 saturated carbocycles. The Morgan fingerprint density at radius 3 is 2.12 bits per heavy atom. The lowest BCUT2D eigenvalue weighted by molar-refractivity contribution is -0.709. The highest BCUT2D eigenvalue weighted by molar-refractivity contribution is 7.99. The van der Waals surface area contributed by atoms with E-state index in [4.69, 9.17) is 0 Å². The highest BCUT2D eigenvalue weighted by Crippen LogP contribution is 2.18. The summed E-state index contributed by atoms with van der Waals surface area (Å²) in [6, 6.07) is 16.6. The van der Waals surface area contributed by atoms with Gasteiger partial charge in [-0.05, 0) is 53.6 Å². The quantitative estimate of drug-likeness (QED) is 0.156. The molecule has 3 N–H and O–H groups in total. The van der Waals surface area contributed by atoms with Gasteiger partial charge in [0.15, 0.2) is 0 Å². The van der Waals surface area contributed by atoms with E-state index in [1.165, 1.54) is 5.16 Å². The minimum atomic E-state index is 0.0674. The normalized spacial score (nSPS) is 11.3. The molecule has 0 unspecified atom stereocenters. The average Bonchev–Trinajstić information content (AvgIpc) is 3.15. The van der Waals surface area contributed by atoms with Crippen molar-refractivity contribution in [2.45, 2.75) is 11.6 Å². The Morgan fingerprint density at radius 1 is 0.970 bits per heavy atom. The van der Waals surface area contributed by atoms with Crippen molar-refractivity contribution in [1.82, 2.24) is 4.57 Å². The Morgan fingerprint density at radius 2 is 1.58 bits per heavy atom. The molecular weight excluding hydrogens is 432 g/mol. The highest BCUT2D eigenvalue weighted by atomic mass is 32.2. The molecule has 0 aliphatic heterocycles. The second-order valence-corrected chi connectivity index (χ2v) is 8.97. The van der Waals surface area contributed by atoms with E-state index in [1.54, 1.807) is 0 Å². The molecule has 3 rings (SSSR count). The van der Waals surface area contributed by atoms with Gasteiger partial charge in [0.2, 0.25) is 0 Å². The van der Waals surface area contributed by atoms with Crippen molar-refractivity contribution in [3.05, 3.63) is 72.1 Å². The van der Waals surface area contributed by atoms with Crippen LogP contribution in [0.2, 0.25) is 0 Å². The number of aromatic nitrogens is 2. The maximum Gasteiger partial charge on any atom is 0.317 e. The van der Waals surface area contributed by atoms with E-state index in [9.17, 15) is 10.2 Å². The summed E-state index contributed by atoms with van der Waals surface area (Å²) in [6.07, 6.45) is 9.46. The minimum absolute atomic E-state index is 0.0674. The van der Waals surface area contributed by atoms with E-state index in [2.05, 4.69) is 89.5 Å². The number of aryl methyl sites for hydroxylation is 2. The third-order valence-corrected chi connectivity index (χ3v) is 6.70. The number of aliphatic hydroxyl groups is 2. The van der Waals surface area contributed by atoms with Gasteiger partial charge >= 0.3 is 5.16 Å². The molecule has 0 saturated heterocycles. The lowest BCUT2D eigenvalue weighted by Gasteiger charge is -2.22.